The Balaban J connectivity index is 2.03. The number of hydrogen-bond acceptors (Lipinski definition) is 3. The molecule has 1 aromatic carbocycles. The van der Waals surface area contributed by atoms with Gasteiger partial charge >= 0.3 is 0 Å². The second kappa shape index (κ2) is 5.31. The summed E-state index contributed by atoms with van der Waals surface area (Å²) in [5.41, 5.74) is 10.1. The van der Waals surface area contributed by atoms with Crippen molar-refractivity contribution in [2.45, 2.75) is 32.7 Å². The maximum atomic E-state index is 6.18. The van der Waals surface area contributed by atoms with Crippen molar-refractivity contribution in [3.05, 3.63) is 47.0 Å². The molecule has 2 N–H and O–H groups in total. The summed E-state index contributed by atoms with van der Waals surface area (Å²) in [6.07, 6.45) is 3.19. The molecule has 0 aliphatic rings. The van der Waals surface area contributed by atoms with Gasteiger partial charge in [0.15, 0.2) is 0 Å². The molecule has 1 aromatic heterocycles. The van der Waals surface area contributed by atoms with E-state index >= 15 is 0 Å². The second-order valence-corrected chi connectivity index (χ2v) is 4.96. The third kappa shape index (κ3) is 3.17. The number of aromatic nitrogens is 3. The van der Waals surface area contributed by atoms with E-state index in [0.717, 1.165) is 18.7 Å². The molecule has 18 heavy (non-hydrogen) atoms. The lowest BCUT2D eigenvalue weighted by atomic mass is 10.00. The molecule has 0 aliphatic heterocycles. The van der Waals surface area contributed by atoms with Gasteiger partial charge in [-0.2, -0.15) is 5.10 Å². The van der Waals surface area contributed by atoms with Crippen molar-refractivity contribution in [1.29, 1.82) is 0 Å². The molecule has 0 aliphatic carbocycles. The molecule has 0 spiro atoms. The predicted molar refractivity (Wildman–Crippen MR) is 72.3 cm³/mol. The van der Waals surface area contributed by atoms with Crippen molar-refractivity contribution in [2.75, 3.05) is 0 Å². The molecular weight excluding hydrogens is 224 g/mol. The van der Waals surface area contributed by atoms with Gasteiger partial charge in [-0.05, 0) is 25.8 Å². The summed E-state index contributed by atoms with van der Waals surface area (Å²) in [6.45, 7) is 4.23. The van der Waals surface area contributed by atoms with Crippen LogP contribution in [0.2, 0.25) is 0 Å². The minimum absolute atomic E-state index is 0.0779. The van der Waals surface area contributed by atoms with Gasteiger partial charge in [0.05, 0.1) is 0 Å². The Kier molecular flexibility index (Phi) is 3.77. The largest absolute Gasteiger partial charge is 0.327 e. The van der Waals surface area contributed by atoms with E-state index in [9.17, 15) is 0 Å². The molecule has 2 aromatic rings. The first-order chi connectivity index (χ1) is 8.54. The van der Waals surface area contributed by atoms with Gasteiger partial charge in [0, 0.05) is 19.5 Å². The summed E-state index contributed by atoms with van der Waals surface area (Å²) < 4.78 is 1.78. The number of nitrogens with two attached hydrogens (primary N) is 1. The third-order valence-electron chi connectivity index (χ3n) is 3.03. The van der Waals surface area contributed by atoms with E-state index in [-0.39, 0.29) is 6.04 Å². The van der Waals surface area contributed by atoms with Crippen molar-refractivity contribution in [3.8, 4) is 0 Å². The molecule has 0 radical (unpaired) electrons. The number of hydrogen-bond donors (Lipinski definition) is 1. The van der Waals surface area contributed by atoms with E-state index in [4.69, 9.17) is 5.73 Å². The first-order valence-corrected chi connectivity index (χ1v) is 6.20. The van der Waals surface area contributed by atoms with Crippen LogP contribution in [0.4, 0.5) is 0 Å². The highest BCUT2D eigenvalue weighted by atomic mass is 15.3. The zero-order chi connectivity index (χ0) is 13.1. The Labute approximate surface area is 108 Å². The fourth-order valence-corrected chi connectivity index (χ4v) is 2.30. The van der Waals surface area contributed by atoms with Gasteiger partial charge in [0.25, 0.3) is 0 Å². The lowest BCUT2D eigenvalue weighted by Gasteiger charge is -2.12. The Morgan fingerprint density at radius 1 is 1.17 bits per heavy atom. The molecule has 0 saturated carbocycles. The van der Waals surface area contributed by atoms with Gasteiger partial charge in [0.1, 0.15) is 12.2 Å². The molecule has 1 heterocycles. The Hall–Kier alpha value is -1.68. The summed E-state index contributed by atoms with van der Waals surface area (Å²) >= 11 is 0. The highest BCUT2D eigenvalue weighted by Crippen LogP contribution is 2.11. The molecule has 1 unspecified atom stereocenters. The van der Waals surface area contributed by atoms with Gasteiger partial charge in [-0.1, -0.05) is 29.3 Å². The molecule has 2 rings (SSSR count). The Bertz CT molecular complexity index is 510. The summed E-state index contributed by atoms with van der Waals surface area (Å²) in [6, 6.07) is 6.65. The van der Waals surface area contributed by atoms with Gasteiger partial charge in [-0.3, -0.25) is 4.68 Å². The number of nitrogens with zero attached hydrogens (tertiary/aromatic N) is 3. The van der Waals surface area contributed by atoms with E-state index in [1.165, 1.54) is 16.7 Å². The standard InChI is InChI=1S/C14H20N4/c1-10-4-11(2)6-12(5-10)7-13(15)8-14-16-9-17-18(14)3/h4-6,9,13H,7-8,15H2,1-3H3. The smallest absolute Gasteiger partial charge is 0.138 e. The second-order valence-electron chi connectivity index (χ2n) is 4.96. The zero-order valence-corrected chi connectivity index (χ0v) is 11.2. The van der Waals surface area contributed by atoms with Crippen LogP contribution in [0.3, 0.4) is 0 Å². The van der Waals surface area contributed by atoms with Crippen LogP contribution < -0.4 is 5.73 Å². The molecule has 0 amide bonds. The first kappa shape index (κ1) is 12.8. The van der Waals surface area contributed by atoms with Crippen LogP contribution in [0.15, 0.2) is 24.5 Å². The van der Waals surface area contributed by atoms with E-state index in [1.807, 2.05) is 7.05 Å². The van der Waals surface area contributed by atoms with Crippen LogP contribution in [-0.4, -0.2) is 20.8 Å². The highest BCUT2D eigenvalue weighted by Gasteiger charge is 2.09. The summed E-state index contributed by atoms with van der Waals surface area (Å²) in [4.78, 5) is 4.20. The molecular formula is C14H20N4. The Morgan fingerprint density at radius 2 is 1.83 bits per heavy atom. The molecule has 0 saturated heterocycles. The maximum absolute atomic E-state index is 6.18. The van der Waals surface area contributed by atoms with E-state index in [2.05, 4.69) is 42.1 Å². The summed E-state index contributed by atoms with van der Waals surface area (Å²) in [5.74, 6) is 0.937. The predicted octanol–water partition coefficient (Wildman–Crippen LogP) is 1.54. The first-order valence-electron chi connectivity index (χ1n) is 6.20. The molecule has 4 nitrogen and oxygen atoms in total. The normalized spacial score (nSPS) is 12.7. The van der Waals surface area contributed by atoms with Crippen LogP contribution in [0.1, 0.15) is 22.5 Å². The summed E-state index contributed by atoms with van der Waals surface area (Å²) in [5, 5.41) is 4.05. The number of rotatable bonds is 4. The molecule has 4 heteroatoms. The minimum Gasteiger partial charge on any atom is -0.327 e. The monoisotopic (exact) mass is 244 g/mol. The SMILES string of the molecule is Cc1cc(C)cc(CC(N)Cc2ncnn2C)c1. The van der Waals surface area contributed by atoms with Crippen molar-refractivity contribution in [2.24, 2.45) is 12.8 Å². The maximum Gasteiger partial charge on any atom is 0.138 e. The molecule has 1 atom stereocenters. The minimum atomic E-state index is 0.0779. The topological polar surface area (TPSA) is 56.7 Å². The number of benzene rings is 1. The van der Waals surface area contributed by atoms with Gasteiger partial charge in [-0.25, -0.2) is 4.98 Å². The van der Waals surface area contributed by atoms with E-state index in [0.29, 0.717) is 0 Å². The van der Waals surface area contributed by atoms with Crippen LogP contribution >= 0.6 is 0 Å². The van der Waals surface area contributed by atoms with Crippen LogP contribution in [-0.2, 0) is 19.9 Å². The summed E-state index contributed by atoms with van der Waals surface area (Å²) in [7, 11) is 1.89. The highest BCUT2D eigenvalue weighted by molar-refractivity contribution is 5.29. The van der Waals surface area contributed by atoms with Gasteiger partial charge in [0.2, 0.25) is 0 Å². The lowest BCUT2D eigenvalue weighted by Crippen LogP contribution is -2.27. The Morgan fingerprint density at radius 3 is 2.39 bits per heavy atom. The van der Waals surface area contributed by atoms with Crippen LogP contribution in [0.5, 0.6) is 0 Å². The van der Waals surface area contributed by atoms with Crippen LogP contribution in [0.25, 0.3) is 0 Å². The van der Waals surface area contributed by atoms with Gasteiger partial charge in [-0.15, -0.1) is 0 Å². The molecule has 0 bridgehead atoms. The van der Waals surface area contributed by atoms with E-state index in [1.54, 1.807) is 11.0 Å². The van der Waals surface area contributed by atoms with Crippen LogP contribution in [0, 0.1) is 13.8 Å². The fourth-order valence-electron chi connectivity index (χ4n) is 2.30. The molecule has 0 fully saturated rings. The quantitative estimate of drug-likeness (QED) is 0.887. The lowest BCUT2D eigenvalue weighted by molar-refractivity contribution is 0.603. The zero-order valence-electron chi connectivity index (χ0n) is 11.2. The fraction of sp³-hybridized carbons (Fsp3) is 0.429. The van der Waals surface area contributed by atoms with Crippen molar-refractivity contribution in [3.63, 3.8) is 0 Å². The average molecular weight is 244 g/mol. The molecule has 96 valence electrons. The average Bonchev–Trinajstić information content (AvgIpc) is 2.62. The van der Waals surface area contributed by atoms with Gasteiger partial charge < -0.3 is 5.73 Å². The third-order valence-corrected chi connectivity index (χ3v) is 3.03. The van der Waals surface area contributed by atoms with E-state index < -0.39 is 0 Å². The van der Waals surface area contributed by atoms with Crippen molar-refractivity contribution >= 4 is 0 Å². The van der Waals surface area contributed by atoms with Crippen molar-refractivity contribution < 1.29 is 0 Å². The number of aryl methyl sites for hydroxylation is 3. The van der Waals surface area contributed by atoms with Crippen molar-refractivity contribution in [1.82, 2.24) is 14.8 Å².